The van der Waals surface area contributed by atoms with E-state index in [0.717, 1.165) is 85.0 Å². The molecule has 7 nitrogen and oxygen atoms in total. The standard InChI is InChI=1S/C18H37N5O2/c1-18(2,3)25-17(24)23-15-13-22(14-16-23)12-11-21-9-7-20(8-10-21)6-4-5-19/h4-16,19H2,1-3H3. The van der Waals surface area contributed by atoms with Gasteiger partial charge < -0.3 is 20.3 Å². The highest BCUT2D eigenvalue weighted by molar-refractivity contribution is 5.68. The normalized spacial score (nSPS) is 21.5. The summed E-state index contributed by atoms with van der Waals surface area (Å²) in [6.07, 6.45) is 0.919. The minimum absolute atomic E-state index is 0.180. The van der Waals surface area contributed by atoms with Crippen molar-refractivity contribution in [1.82, 2.24) is 19.6 Å². The number of hydrogen-bond donors (Lipinski definition) is 1. The van der Waals surface area contributed by atoms with Crippen molar-refractivity contribution in [2.75, 3.05) is 78.5 Å². The van der Waals surface area contributed by atoms with Crippen molar-refractivity contribution >= 4 is 6.09 Å². The van der Waals surface area contributed by atoms with E-state index < -0.39 is 5.60 Å². The zero-order valence-electron chi connectivity index (χ0n) is 16.4. The number of hydrogen-bond acceptors (Lipinski definition) is 6. The fourth-order valence-corrected chi connectivity index (χ4v) is 3.31. The van der Waals surface area contributed by atoms with Crippen molar-refractivity contribution in [3.8, 4) is 0 Å². The molecule has 7 heteroatoms. The fraction of sp³-hybridized carbons (Fsp3) is 0.944. The van der Waals surface area contributed by atoms with E-state index in [1.807, 2.05) is 25.7 Å². The van der Waals surface area contributed by atoms with E-state index in [1.54, 1.807) is 0 Å². The molecular formula is C18H37N5O2. The largest absolute Gasteiger partial charge is 0.444 e. The van der Waals surface area contributed by atoms with Crippen molar-refractivity contribution in [2.24, 2.45) is 5.73 Å². The highest BCUT2D eigenvalue weighted by Gasteiger charge is 2.26. The highest BCUT2D eigenvalue weighted by Crippen LogP contribution is 2.12. The molecule has 0 aromatic carbocycles. The summed E-state index contributed by atoms with van der Waals surface area (Å²) in [6, 6.07) is 0. The van der Waals surface area contributed by atoms with Crippen molar-refractivity contribution in [1.29, 1.82) is 0 Å². The molecule has 25 heavy (non-hydrogen) atoms. The molecule has 146 valence electrons. The molecule has 2 saturated heterocycles. The average Bonchev–Trinajstić information content (AvgIpc) is 2.58. The molecule has 2 heterocycles. The summed E-state index contributed by atoms with van der Waals surface area (Å²) < 4.78 is 5.45. The molecule has 1 amide bonds. The Morgan fingerprint density at radius 2 is 1.28 bits per heavy atom. The molecule has 2 N–H and O–H groups in total. The fourth-order valence-electron chi connectivity index (χ4n) is 3.31. The van der Waals surface area contributed by atoms with Crippen LogP contribution < -0.4 is 5.73 Å². The van der Waals surface area contributed by atoms with Gasteiger partial charge in [0, 0.05) is 65.4 Å². The number of rotatable bonds is 6. The lowest BCUT2D eigenvalue weighted by molar-refractivity contribution is 0.0133. The van der Waals surface area contributed by atoms with E-state index in [-0.39, 0.29) is 6.09 Å². The van der Waals surface area contributed by atoms with Crippen LogP contribution >= 0.6 is 0 Å². The summed E-state index contributed by atoms with van der Waals surface area (Å²) in [7, 11) is 0. The van der Waals surface area contributed by atoms with Gasteiger partial charge in [0.2, 0.25) is 0 Å². The zero-order chi connectivity index (χ0) is 18.3. The maximum Gasteiger partial charge on any atom is 0.410 e. The Kier molecular flexibility index (Phi) is 7.93. The Morgan fingerprint density at radius 3 is 1.72 bits per heavy atom. The van der Waals surface area contributed by atoms with Crippen LogP contribution in [0.4, 0.5) is 4.79 Å². The molecule has 0 spiro atoms. The van der Waals surface area contributed by atoms with Crippen molar-refractivity contribution < 1.29 is 9.53 Å². The van der Waals surface area contributed by atoms with Crippen LogP contribution in [0.25, 0.3) is 0 Å². The van der Waals surface area contributed by atoms with Gasteiger partial charge >= 0.3 is 6.09 Å². The van der Waals surface area contributed by atoms with Gasteiger partial charge in [0.15, 0.2) is 0 Å². The number of piperazine rings is 2. The topological polar surface area (TPSA) is 65.3 Å². The molecule has 0 atom stereocenters. The van der Waals surface area contributed by atoms with E-state index in [4.69, 9.17) is 10.5 Å². The van der Waals surface area contributed by atoms with Crippen LogP contribution in [0.2, 0.25) is 0 Å². The first-order valence-electron chi connectivity index (χ1n) is 9.72. The van der Waals surface area contributed by atoms with Gasteiger partial charge in [-0.25, -0.2) is 4.79 Å². The van der Waals surface area contributed by atoms with Crippen molar-refractivity contribution in [3.63, 3.8) is 0 Å². The number of carbonyl (C=O) groups is 1. The SMILES string of the molecule is CC(C)(C)OC(=O)N1CCN(CCN2CCN(CCCN)CC2)CC1. The number of carbonyl (C=O) groups excluding carboxylic acids is 1. The first-order chi connectivity index (χ1) is 11.9. The van der Waals surface area contributed by atoms with Crippen molar-refractivity contribution in [3.05, 3.63) is 0 Å². The average molecular weight is 356 g/mol. The van der Waals surface area contributed by atoms with E-state index >= 15 is 0 Å². The lowest BCUT2D eigenvalue weighted by Gasteiger charge is -2.38. The third kappa shape index (κ3) is 7.48. The molecule has 0 aliphatic carbocycles. The molecule has 2 aliphatic rings. The van der Waals surface area contributed by atoms with Gasteiger partial charge in [-0.15, -0.1) is 0 Å². The molecule has 2 fully saturated rings. The first kappa shape index (κ1) is 20.4. The Balaban J connectivity index is 1.59. The first-order valence-corrected chi connectivity index (χ1v) is 9.72. The molecule has 2 aliphatic heterocycles. The summed E-state index contributed by atoms with van der Waals surface area (Å²) in [5.41, 5.74) is 5.17. The number of nitrogens with two attached hydrogens (primary N) is 1. The van der Waals surface area contributed by atoms with Crippen LogP contribution in [0.3, 0.4) is 0 Å². The molecule has 0 aromatic heterocycles. The Bertz CT molecular complexity index is 397. The summed E-state index contributed by atoms with van der Waals surface area (Å²) >= 11 is 0. The Labute approximate surface area is 153 Å². The smallest absolute Gasteiger partial charge is 0.410 e. The van der Waals surface area contributed by atoms with Gasteiger partial charge in [-0.1, -0.05) is 0 Å². The van der Waals surface area contributed by atoms with Gasteiger partial charge in [-0.05, 0) is 40.3 Å². The van der Waals surface area contributed by atoms with Crippen LogP contribution in [-0.2, 0) is 4.74 Å². The number of nitrogens with zero attached hydrogens (tertiary/aromatic N) is 4. The second-order valence-corrected chi connectivity index (χ2v) is 8.13. The van der Waals surface area contributed by atoms with Crippen LogP contribution in [0, 0.1) is 0 Å². The van der Waals surface area contributed by atoms with Gasteiger partial charge in [0.25, 0.3) is 0 Å². The molecule has 0 radical (unpaired) electrons. The maximum atomic E-state index is 12.1. The molecular weight excluding hydrogens is 318 g/mol. The molecule has 0 unspecified atom stereocenters. The highest BCUT2D eigenvalue weighted by atomic mass is 16.6. The number of amides is 1. The molecule has 0 aromatic rings. The van der Waals surface area contributed by atoms with Crippen LogP contribution in [-0.4, -0.2) is 110 Å². The lowest BCUT2D eigenvalue weighted by Crippen LogP contribution is -2.53. The summed E-state index contributed by atoms with van der Waals surface area (Å²) in [5.74, 6) is 0. The van der Waals surface area contributed by atoms with Gasteiger partial charge in [0.05, 0.1) is 0 Å². The minimum Gasteiger partial charge on any atom is -0.444 e. The Hall–Kier alpha value is -0.890. The Morgan fingerprint density at radius 1 is 0.840 bits per heavy atom. The van der Waals surface area contributed by atoms with E-state index in [2.05, 4.69) is 14.7 Å². The lowest BCUT2D eigenvalue weighted by atomic mass is 10.2. The second kappa shape index (κ2) is 9.71. The third-order valence-electron chi connectivity index (χ3n) is 4.90. The minimum atomic E-state index is -0.416. The monoisotopic (exact) mass is 355 g/mol. The van der Waals surface area contributed by atoms with Gasteiger partial charge in [0.1, 0.15) is 5.60 Å². The van der Waals surface area contributed by atoms with E-state index in [1.165, 1.54) is 0 Å². The van der Waals surface area contributed by atoms with Crippen LogP contribution in [0.15, 0.2) is 0 Å². The van der Waals surface area contributed by atoms with Crippen LogP contribution in [0.5, 0.6) is 0 Å². The second-order valence-electron chi connectivity index (χ2n) is 8.13. The van der Waals surface area contributed by atoms with E-state index in [9.17, 15) is 4.79 Å². The van der Waals surface area contributed by atoms with Crippen molar-refractivity contribution in [2.45, 2.75) is 32.8 Å². The van der Waals surface area contributed by atoms with Gasteiger partial charge in [-0.3, -0.25) is 9.80 Å². The zero-order valence-corrected chi connectivity index (χ0v) is 16.4. The molecule has 2 rings (SSSR count). The summed E-state index contributed by atoms with van der Waals surface area (Å²) in [5, 5.41) is 0. The van der Waals surface area contributed by atoms with E-state index in [0.29, 0.717) is 0 Å². The predicted octanol–water partition coefficient (Wildman–Crippen LogP) is 0.506. The summed E-state index contributed by atoms with van der Waals surface area (Å²) in [4.78, 5) is 21.5. The molecule has 0 saturated carbocycles. The quantitative estimate of drug-likeness (QED) is 0.749. The third-order valence-corrected chi connectivity index (χ3v) is 4.90. The maximum absolute atomic E-state index is 12.1. The van der Waals surface area contributed by atoms with Crippen LogP contribution in [0.1, 0.15) is 27.2 Å². The summed E-state index contributed by atoms with van der Waals surface area (Å²) in [6.45, 7) is 17.9. The predicted molar refractivity (Wildman–Crippen MR) is 101 cm³/mol. The van der Waals surface area contributed by atoms with Gasteiger partial charge in [-0.2, -0.15) is 0 Å². The number of ether oxygens (including phenoxy) is 1. The molecule has 0 bridgehead atoms.